The van der Waals surface area contributed by atoms with Gasteiger partial charge in [-0.3, -0.25) is 14.6 Å². The number of carboxylic acid groups (broad SMARTS) is 1. The average molecular weight is 276 g/mol. The molecule has 1 aromatic heterocycles. The van der Waals surface area contributed by atoms with Crippen molar-refractivity contribution in [2.24, 2.45) is 11.8 Å². The van der Waals surface area contributed by atoms with Crippen LogP contribution in [0.2, 0.25) is 0 Å². The zero-order chi connectivity index (χ0) is 14.5. The third-order valence-electron chi connectivity index (χ3n) is 4.00. The molecule has 108 valence electrons. The second kappa shape index (κ2) is 6.50. The van der Waals surface area contributed by atoms with Gasteiger partial charge in [0.05, 0.1) is 18.2 Å². The van der Waals surface area contributed by atoms with Crippen LogP contribution in [0.25, 0.3) is 0 Å². The Balaban J connectivity index is 1.82. The molecule has 0 unspecified atom stereocenters. The molecule has 0 bridgehead atoms. The summed E-state index contributed by atoms with van der Waals surface area (Å²) in [6, 6.07) is 3.83. The van der Waals surface area contributed by atoms with E-state index in [1.54, 1.807) is 6.20 Å². The third-order valence-corrected chi connectivity index (χ3v) is 4.00. The van der Waals surface area contributed by atoms with Crippen LogP contribution in [-0.4, -0.2) is 22.0 Å². The minimum Gasteiger partial charge on any atom is -0.481 e. The van der Waals surface area contributed by atoms with Gasteiger partial charge in [-0.2, -0.15) is 0 Å². The number of carboxylic acids is 1. The lowest BCUT2D eigenvalue weighted by Gasteiger charge is -2.25. The standard InChI is InChI=1S/C15H20N2O3/c1-10-3-2-8-16-13(10)9-17-14(18)11-4-6-12(7-5-11)15(19)20/h2-3,8,11-12H,4-7,9H2,1H3,(H,17,18)(H,19,20). The van der Waals surface area contributed by atoms with Gasteiger partial charge in [-0.25, -0.2) is 0 Å². The quantitative estimate of drug-likeness (QED) is 0.880. The molecule has 0 spiro atoms. The maximum absolute atomic E-state index is 12.1. The number of carbonyl (C=O) groups excluding carboxylic acids is 1. The van der Waals surface area contributed by atoms with Crippen LogP contribution in [0.4, 0.5) is 0 Å². The molecular weight excluding hydrogens is 256 g/mol. The van der Waals surface area contributed by atoms with E-state index >= 15 is 0 Å². The number of aliphatic carboxylic acids is 1. The highest BCUT2D eigenvalue weighted by Crippen LogP contribution is 2.29. The number of hydrogen-bond donors (Lipinski definition) is 2. The molecule has 0 atom stereocenters. The topological polar surface area (TPSA) is 79.3 Å². The second-order valence-corrected chi connectivity index (χ2v) is 5.37. The number of aromatic nitrogens is 1. The molecule has 2 rings (SSSR count). The van der Waals surface area contributed by atoms with Crippen LogP contribution < -0.4 is 5.32 Å². The number of aryl methyl sites for hydroxylation is 1. The molecule has 1 aromatic rings. The van der Waals surface area contributed by atoms with Crippen LogP contribution in [0.15, 0.2) is 18.3 Å². The van der Waals surface area contributed by atoms with E-state index in [-0.39, 0.29) is 17.7 Å². The Hall–Kier alpha value is -1.91. The highest BCUT2D eigenvalue weighted by molar-refractivity contribution is 5.79. The van der Waals surface area contributed by atoms with Crippen molar-refractivity contribution in [3.63, 3.8) is 0 Å². The van der Waals surface area contributed by atoms with Gasteiger partial charge in [-0.1, -0.05) is 6.07 Å². The van der Waals surface area contributed by atoms with Gasteiger partial charge in [0.1, 0.15) is 0 Å². The molecule has 0 radical (unpaired) electrons. The van der Waals surface area contributed by atoms with Crippen LogP contribution >= 0.6 is 0 Å². The summed E-state index contributed by atoms with van der Waals surface area (Å²) < 4.78 is 0. The van der Waals surface area contributed by atoms with E-state index in [0.29, 0.717) is 32.2 Å². The lowest BCUT2D eigenvalue weighted by atomic mass is 9.81. The Morgan fingerprint density at radius 2 is 1.95 bits per heavy atom. The molecule has 5 heteroatoms. The van der Waals surface area contributed by atoms with Gasteiger partial charge in [0.2, 0.25) is 5.91 Å². The zero-order valence-electron chi connectivity index (χ0n) is 11.6. The number of rotatable bonds is 4. The Morgan fingerprint density at radius 1 is 1.30 bits per heavy atom. The summed E-state index contributed by atoms with van der Waals surface area (Å²) in [6.45, 7) is 2.40. The first-order valence-electron chi connectivity index (χ1n) is 6.99. The first-order valence-corrected chi connectivity index (χ1v) is 6.99. The van der Waals surface area contributed by atoms with Crippen molar-refractivity contribution in [3.8, 4) is 0 Å². The molecule has 0 aliphatic heterocycles. The van der Waals surface area contributed by atoms with Crippen LogP contribution in [0.1, 0.15) is 36.9 Å². The van der Waals surface area contributed by atoms with Crippen LogP contribution in [0.5, 0.6) is 0 Å². The molecule has 5 nitrogen and oxygen atoms in total. The molecule has 0 saturated heterocycles. The van der Waals surface area contributed by atoms with E-state index in [1.807, 2.05) is 19.1 Å². The van der Waals surface area contributed by atoms with Crippen molar-refractivity contribution in [2.75, 3.05) is 0 Å². The maximum atomic E-state index is 12.1. The fourth-order valence-electron chi connectivity index (χ4n) is 2.62. The van der Waals surface area contributed by atoms with Crippen LogP contribution in [-0.2, 0) is 16.1 Å². The second-order valence-electron chi connectivity index (χ2n) is 5.37. The Kier molecular flexibility index (Phi) is 4.71. The number of amides is 1. The Bertz CT molecular complexity index is 494. The molecule has 1 aliphatic rings. The van der Waals surface area contributed by atoms with Crippen molar-refractivity contribution >= 4 is 11.9 Å². The van der Waals surface area contributed by atoms with Crippen molar-refractivity contribution in [1.29, 1.82) is 0 Å². The van der Waals surface area contributed by atoms with Crippen molar-refractivity contribution in [1.82, 2.24) is 10.3 Å². The number of nitrogens with one attached hydrogen (secondary N) is 1. The van der Waals surface area contributed by atoms with E-state index in [9.17, 15) is 9.59 Å². The predicted octanol–water partition coefficient (Wildman–Crippen LogP) is 1.90. The van der Waals surface area contributed by atoms with E-state index < -0.39 is 5.97 Å². The first kappa shape index (κ1) is 14.5. The number of nitrogens with zero attached hydrogens (tertiary/aromatic N) is 1. The Labute approximate surface area is 118 Å². The summed E-state index contributed by atoms with van der Waals surface area (Å²) in [5, 5.41) is 11.8. The fraction of sp³-hybridized carbons (Fsp3) is 0.533. The lowest BCUT2D eigenvalue weighted by Crippen LogP contribution is -2.34. The van der Waals surface area contributed by atoms with E-state index in [4.69, 9.17) is 5.11 Å². The van der Waals surface area contributed by atoms with E-state index in [0.717, 1.165) is 11.3 Å². The molecule has 1 amide bonds. The van der Waals surface area contributed by atoms with Gasteiger partial charge in [0.25, 0.3) is 0 Å². The largest absolute Gasteiger partial charge is 0.481 e. The minimum atomic E-state index is -0.743. The van der Waals surface area contributed by atoms with Crippen molar-refractivity contribution in [2.45, 2.75) is 39.2 Å². The SMILES string of the molecule is Cc1cccnc1CNC(=O)C1CCC(C(=O)O)CC1. The van der Waals surface area contributed by atoms with Crippen LogP contribution in [0.3, 0.4) is 0 Å². The fourth-order valence-corrected chi connectivity index (χ4v) is 2.62. The summed E-state index contributed by atoms with van der Waals surface area (Å²) >= 11 is 0. The van der Waals surface area contributed by atoms with Crippen molar-refractivity contribution < 1.29 is 14.7 Å². The molecule has 1 heterocycles. The smallest absolute Gasteiger partial charge is 0.306 e. The van der Waals surface area contributed by atoms with Gasteiger partial charge >= 0.3 is 5.97 Å². The van der Waals surface area contributed by atoms with Gasteiger partial charge in [0.15, 0.2) is 0 Å². The third kappa shape index (κ3) is 3.56. The number of pyridine rings is 1. The van der Waals surface area contributed by atoms with E-state index in [2.05, 4.69) is 10.3 Å². The highest BCUT2D eigenvalue weighted by Gasteiger charge is 2.29. The normalized spacial score (nSPS) is 22.2. The lowest BCUT2D eigenvalue weighted by molar-refractivity contribution is -0.144. The molecule has 1 saturated carbocycles. The summed E-state index contributed by atoms with van der Waals surface area (Å²) in [5.74, 6) is -1.07. The molecule has 2 N–H and O–H groups in total. The highest BCUT2D eigenvalue weighted by atomic mass is 16.4. The summed E-state index contributed by atoms with van der Waals surface area (Å²) in [7, 11) is 0. The predicted molar refractivity (Wildman–Crippen MR) is 73.9 cm³/mol. The molecule has 1 fully saturated rings. The van der Waals surface area contributed by atoms with Crippen LogP contribution in [0, 0.1) is 18.8 Å². The minimum absolute atomic E-state index is 0.0129. The molecular formula is C15H20N2O3. The van der Waals surface area contributed by atoms with Gasteiger partial charge < -0.3 is 10.4 Å². The molecule has 1 aliphatic carbocycles. The van der Waals surface area contributed by atoms with E-state index in [1.165, 1.54) is 0 Å². The summed E-state index contributed by atoms with van der Waals surface area (Å²) in [4.78, 5) is 27.2. The Morgan fingerprint density at radius 3 is 2.55 bits per heavy atom. The number of carbonyl (C=O) groups is 2. The first-order chi connectivity index (χ1) is 9.58. The zero-order valence-corrected chi connectivity index (χ0v) is 11.6. The monoisotopic (exact) mass is 276 g/mol. The number of hydrogen-bond acceptors (Lipinski definition) is 3. The van der Waals surface area contributed by atoms with Gasteiger partial charge in [-0.15, -0.1) is 0 Å². The average Bonchev–Trinajstić information content (AvgIpc) is 2.46. The molecule has 0 aromatic carbocycles. The summed E-state index contributed by atoms with van der Waals surface area (Å²) in [6.07, 6.45) is 4.21. The maximum Gasteiger partial charge on any atom is 0.306 e. The summed E-state index contributed by atoms with van der Waals surface area (Å²) in [5.41, 5.74) is 1.93. The van der Waals surface area contributed by atoms with Crippen molar-refractivity contribution in [3.05, 3.63) is 29.6 Å². The molecule has 20 heavy (non-hydrogen) atoms. The van der Waals surface area contributed by atoms with Gasteiger partial charge in [-0.05, 0) is 44.2 Å². The van der Waals surface area contributed by atoms with Gasteiger partial charge in [0, 0.05) is 12.1 Å².